The minimum absolute atomic E-state index is 0. The molecule has 0 unspecified atom stereocenters. The van der Waals surface area contributed by atoms with Crippen molar-refractivity contribution in [3.63, 3.8) is 0 Å². The van der Waals surface area contributed by atoms with Gasteiger partial charge in [0.2, 0.25) is 5.78 Å². The van der Waals surface area contributed by atoms with E-state index >= 15 is 0 Å². The summed E-state index contributed by atoms with van der Waals surface area (Å²) in [7, 11) is 0. The molecule has 0 bridgehead atoms. The van der Waals surface area contributed by atoms with Crippen LogP contribution >= 0.6 is 11.6 Å². The van der Waals surface area contributed by atoms with E-state index in [-0.39, 0.29) is 18.6 Å². The predicted octanol–water partition coefficient (Wildman–Crippen LogP) is -0.119. The molecule has 0 aliphatic carbocycles. The van der Waals surface area contributed by atoms with E-state index in [4.69, 9.17) is 11.6 Å². The molecule has 0 aliphatic rings. The first-order valence-electron chi connectivity index (χ1n) is 2.39. The van der Waals surface area contributed by atoms with Gasteiger partial charge in [0.25, 0.3) is 0 Å². The van der Waals surface area contributed by atoms with Gasteiger partial charge in [-0.3, -0.25) is 9.59 Å². The average molecular weight is 215 g/mol. The fourth-order valence-corrected chi connectivity index (χ4v) is 0.257. The molecule has 1 radical (unpaired) electrons. The van der Waals surface area contributed by atoms with E-state index in [0.717, 1.165) is 6.92 Å². The van der Waals surface area contributed by atoms with Gasteiger partial charge in [-0.15, -0.1) is 11.6 Å². The zero-order chi connectivity index (χ0) is 8.15. The number of hydrogen-bond donors (Lipinski definition) is 0. The molecule has 6 heteroatoms. The molecule has 0 aromatic heterocycles. The van der Waals surface area contributed by atoms with E-state index in [2.05, 4.69) is 4.74 Å². The van der Waals surface area contributed by atoms with Crippen LogP contribution in [-0.2, 0) is 37.7 Å². The SMILES string of the molecule is CC(=O)C(=O)OC(=O)CCl.[V]. The van der Waals surface area contributed by atoms with Crippen molar-refractivity contribution in [1.29, 1.82) is 0 Å². The van der Waals surface area contributed by atoms with Gasteiger partial charge in [-0.25, -0.2) is 4.79 Å². The number of esters is 2. The summed E-state index contributed by atoms with van der Waals surface area (Å²) in [6.07, 6.45) is 0. The molecule has 0 amide bonds. The average Bonchev–Trinajstić information content (AvgIpc) is 1.87. The molecule has 0 fully saturated rings. The van der Waals surface area contributed by atoms with Crippen LogP contribution in [-0.4, -0.2) is 23.6 Å². The maximum Gasteiger partial charge on any atom is 0.381 e. The number of ether oxygens (including phenoxy) is 1. The van der Waals surface area contributed by atoms with Crippen LogP contribution in [0.2, 0.25) is 0 Å². The van der Waals surface area contributed by atoms with Crippen molar-refractivity contribution in [3.8, 4) is 0 Å². The van der Waals surface area contributed by atoms with Crippen LogP contribution < -0.4 is 0 Å². The maximum atomic E-state index is 10.3. The van der Waals surface area contributed by atoms with Gasteiger partial charge in [0.1, 0.15) is 5.88 Å². The zero-order valence-electron chi connectivity index (χ0n) is 5.67. The monoisotopic (exact) mass is 215 g/mol. The van der Waals surface area contributed by atoms with Gasteiger partial charge in [0.05, 0.1) is 0 Å². The number of hydrogen-bond acceptors (Lipinski definition) is 4. The second kappa shape index (κ2) is 6.40. The summed E-state index contributed by atoms with van der Waals surface area (Å²) in [5.41, 5.74) is 0. The van der Waals surface area contributed by atoms with E-state index in [1.165, 1.54) is 0 Å². The Kier molecular flexibility index (Phi) is 7.73. The van der Waals surface area contributed by atoms with Crippen molar-refractivity contribution in [2.24, 2.45) is 0 Å². The Morgan fingerprint density at radius 2 is 1.82 bits per heavy atom. The van der Waals surface area contributed by atoms with E-state index in [1.807, 2.05) is 0 Å². The van der Waals surface area contributed by atoms with E-state index in [0.29, 0.717) is 0 Å². The number of ketones is 1. The number of halogens is 1. The summed E-state index contributed by atoms with van der Waals surface area (Å²) in [4.78, 5) is 30.6. The normalized spacial score (nSPS) is 7.82. The van der Waals surface area contributed by atoms with Crippen LogP contribution in [0, 0.1) is 0 Å². The van der Waals surface area contributed by atoms with Gasteiger partial charge in [-0.1, -0.05) is 0 Å². The number of Topliss-reactive ketones (excluding diaryl/α,β-unsaturated/α-hetero) is 1. The van der Waals surface area contributed by atoms with Crippen LogP contribution in [0.15, 0.2) is 0 Å². The van der Waals surface area contributed by atoms with E-state index in [9.17, 15) is 14.4 Å². The van der Waals surface area contributed by atoms with Crippen LogP contribution in [0.5, 0.6) is 0 Å². The standard InChI is InChI=1S/C5H5ClO4.V/c1-3(7)5(9)10-4(8)2-6;/h2H2,1H3;. The summed E-state index contributed by atoms with van der Waals surface area (Å²) in [5.74, 6) is -3.34. The number of rotatable bonds is 2. The van der Waals surface area contributed by atoms with E-state index < -0.39 is 23.6 Å². The Morgan fingerprint density at radius 1 is 1.36 bits per heavy atom. The Bertz CT molecular complexity index is 179. The third-order valence-corrected chi connectivity index (χ3v) is 0.821. The van der Waals surface area contributed by atoms with Gasteiger partial charge in [0.15, 0.2) is 0 Å². The molecule has 61 valence electrons. The smallest absolute Gasteiger partial charge is 0.381 e. The molecule has 0 rings (SSSR count). The largest absolute Gasteiger partial charge is 0.386 e. The van der Waals surface area contributed by atoms with Crippen LogP contribution in [0.4, 0.5) is 0 Å². The second-order valence-electron chi connectivity index (χ2n) is 1.45. The fourth-order valence-electron chi connectivity index (χ4n) is 0.203. The first kappa shape index (κ1) is 13.3. The van der Waals surface area contributed by atoms with Crippen LogP contribution in [0.3, 0.4) is 0 Å². The molecule has 0 spiro atoms. The van der Waals surface area contributed by atoms with Crippen molar-refractivity contribution in [2.75, 3.05) is 5.88 Å². The van der Waals surface area contributed by atoms with Gasteiger partial charge in [-0.2, -0.15) is 0 Å². The van der Waals surface area contributed by atoms with Gasteiger partial charge >= 0.3 is 11.9 Å². The third-order valence-electron chi connectivity index (χ3n) is 0.603. The van der Waals surface area contributed by atoms with Gasteiger partial charge in [-0.05, 0) is 0 Å². The molecule has 0 aromatic carbocycles. The first-order valence-corrected chi connectivity index (χ1v) is 2.93. The second-order valence-corrected chi connectivity index (χ2v) is 1.72. The minimum atomic E-state index is -1.18. The number of carbonyl (C=O) groups excluding carboxylic acids is 3. The molecular weight excluding hydrogens is 210 g/mol. The Hall–Kier alpha value is -0.316. The Balaban J connectivity index is 0. The fraction of sp³-hybridized carbons (Fsp3) is 0.400. The van der Waals surface area contributed by atoms with Crippen molar-refractivity contribution in [2.45, 2.75) is 6.92 Å². The number of carbonyl (C=O) groups is 3. The van der Waals surface area contributed by atoms with Gasteiger partial charge < -0.3 is 4.74 Å². The minimum Gasteiger partial charge on any atom is -0.386 e. The molecule has 11 heavy (non-hydrogen) atoms. The molecule has 0 saturated carbocycles. The third kappa shape index (κ3) is 6.10. The summed E-state index contributed by atoms with van der Waals surface area (Å²) in [6, 6.07) is 0. The topological polar surface area (TPSA) is 60.4 Å². The van der Waals surface area contributed by atoms with Gasteiger partial charge in [0, 0.05) is 25.5 Å². The molecular formula is C5H5ClO4V. The van der Waals surface area contributed by atoms with E-state index in [1.54, 1.807) is 0 Å². The molecule has 0 N–H and O–H groups in total. The summed E-state index contributed by atoms with van der Waals surface area (Å²) in [5, 5.41) is 0. The molecule has 0 heterocycles. The predicted molar refractivity (Wildman–Crippen MR) is 32.5 cm³/mol. The molecule has 0 aromatic rings. The molecule has 0 aliphatic heterocycles. The van der Waals surface area contributed by atoms with Crippen molar-refractivity contribution in [3.05, 3.63) is 0 Å². The summed E-state index contributed by atoms with van der Waals surface area (Å²) >= 11 is 4.96. The number of alkyl halides is 1. The summed E-state index contributed by atoms with van der Waals surface area (Å²) < 4.78 is 3.90. The maximum absolute atomic E-state index is 10.3. The Morgan fingerprint density at radius 3 is 2.09 bits per heavy atom. The van der Waals surface area contributed by atoms with Crippen molar-refractivity contribution >= 4 is 29.3 Å². The first-order chi connectivity index (χ1) is 4.57. The van der Waals surface area contributed by atoms with Crippen molar-refractivity contribution in [1.82, 2.24) is 0 Å². The van der Waals surface area contributed by atoms with Crippen LogP contribution in [0.1, 0.15) is 6.92 Å². The molecule has 4 nitrogen and oxygen atoms in total. The van der Waals surface area contributed by atoms with Crippen molar-refractivity contribution < 1.29 is 37.7 Å². The molecule has 0 atom stereocenters. The zero-order valence-corrected chi connectivity index (χ0v) is 7.82. The summed E-state index contributed by atoms with van der Waals surface area (Å²) in [6.45, 7) is 1.00. The molecule has 0 saturated heterocycles. The Labute approximate surface area is 80.1 Å². The van der Waals surface area contributed by atoms with Crippen LogP contribution in [0.25, 0.3) is 0 Å². The quantitative estimate of drug-likeness (QED) is 0.279.